The lowest BCUT2D eigenvalue weighted by molar-refractivity contribution is -0.115. The third-order valence-electron chi connectivity index (χ3n) is 2.90. The molecule has 4 heteroatoms. The van der Waals surface area contributed by atoms with Gasteiger partial charge in [-0.1, -0.05) is 42.0 Å². The molecule has 0 fully saturated rings. The van der Waals surface area contributed by atoms with Gasteiger partial charge in [0.05, 0.1) is 12.1 Å². The number of carbonyl (C=O) groups excluding carboxylic acids is 1. The minimum Gasteiger partial charge on any atom is -0.477 e. The Morgan fingerprint density at radius 1 is 1.24 bits per heavy atom. The van der Waals surface area contributed by atoms with Gasteiger partial charge in [0.15, 0.2) is 6.61 Å². The maximum atomic E-state index is 12.1. The van der Waals surface area contributed by atoms with E-state index in [0.717, 1.165) is 11.1 Å². The number of ether oxygens (including phenoxy) is 1. The third-order valence-corrected chi connectivity index (χ3v) is 2.90. The summed E-state index contributed by atoms with van der Waals surface area (Å²) in [7, 11) is 0. The number of hydrogen-bond donors (Lipinski definition) is 1. The Labute approximate surface area is 124 Å². The van der Waals surface area contributed by atoms with Crippen LogP contribution in [0.3, 0.4) is 0 Å². The zero-order chi connectivity index (χ0) is 15.1. The van der Waals surface area contributed by atoms with Crippen LogP contribution >= 0.6 is 0 Å². The quantitative estimate of drug-likeness (QED) is 0.915. The number of nitriles is 1. The fraction of sp³-hybridized carbons (Fsp3) is 0.176. The van der Waals surface area contributed by atoms with Crippen molar-refractivity contribution in [2.24, 2.45) is 0 Å². The summed E-state index contributed by atoms with van der Waals surface area (Å²) in [4.78, 5) is 12.1. The Morgan fingerprint density at radius 2 is 2.05 bits per heavy atom. The van der Waals surface area contributed by atoms with Gasteiger partial charge in [0, 0.05) is 0 Å². The van der Waals surface area contributed by atoms with Crippen LogP contribution < -0.4 is 10.1 Å². The van der Waals surface area contributed by atoms with Crippen LogP contribution in [-0.4, -0.2) is 12.5 Å². The summed E-state index contributed by atoms with van der Waals surface area (Å²) < 4.78 is 5.28. The van der Waals surface area contributed by atoms with Gasteiger partial charge < -0.3 is 10.1 Å². The number of hydrogen-bond acceptors (Lipinski definition) is 3. The van der Waals surface area contributed by atoms with Crippen molar-refractivity contribution in [3.8, 4) is 11.8 Å². The SMILES string of the molecule is Cc1cccc(CC(=O)Nc2ccccc2OCC#N)c1. The molecule has 2 aromatic rings. The monoisotopic (exact) mass is 280 g/mol. The highest BCUT2D eigenvalue weighted by Crippen LogP contribution is 2.23. The molecule has 2 aromatic carbocycles. The van der Waals surface area contributed by atoms with E-state index in [-0.39, 0.29) is 12.5 Å². The van der Waals surface area contributed by atoms with Gasteiger partial charge in [0.25, 0.3) is 0 Å². The number of nitrogens with zero attached hydrogens (tertiary/aromatic N) is 1. The number of para-hydroxylation sites is 2. The average molecular weight is 280 g/mol. The third kappa shape index (κ3) is 4.36. The maximum absolute atomic E-state index is 12.1. The second-order valence-corrected chi connectivity index (χ2v) is 4.66. The van der Waals surface area contributed by atoms with Crippen LogP contribution in [0.4, 0.5) is 5.69 Å². The molecule has 21 heavy (non-hydrogen) atoms. The minimum absolute atomic E-state index is 0.0508. The summed E-state index contributed by atoms with van der Waals surface area (Å²) in [5.41, 5.74) is 2.66. The van der Waals surface area contributed by atoms with Crippen LogP contribution in [0.25, 0.3) is 0 Å². The van der Waals surface area contributed by atoms with E-state index in [1.165, 1.54) is 0 Å². The number of aryl methyl sites for hydroxylation is 1. The van der Waals surface area contributed by atoms with Crippen LogP contribution in [0.1, 0.15) is 11.1 Å². The van der Waals surface area contributed by atoms with Gasteiger partial charge in [-0.05, 0) is 24.6 Å². The Hall–Kier alpha value is -2.80. The molecule has 0 saturated carbocycles. The van der Waals surface area contributed by atoms with Gasteiger partial charge >= 0.3 is 0 Å². The Morgan fingerprint density at radius 3 is 2.81 bits per heavy atom. The predicted octanol–water partition coefficient (Wildman–Crippen LogP) is 3.08. The van der Waals surface area contributed by atoms with E-state index in [0.29, 0.717) is 17.9 Å². The highest BCUT2D eigenvalue weighted by molar-refractivity contribution is 5.93. The number of benzene rings is 2. The molecule has 4 nitrogen and oxygen atoms in total. The zero-order valence-corrected chi connectivity index (χ0v) is 11.8. The van der Waals surface area contributed by atoms with Gasteiger partial charge in [0.2, 0.25) is 5.91 Å². The molecule has 1 amide bonds. The summed E-state index contributed by atoms with van der Waals surface area (Å²) in [6.07, 6.45) is 0.300. The van der Waals surface area contributed by atoms with Gasteiger partial charge in [-0.15, -0.1) is 0 Å². The average Bonchev–Trinajstić information content (AvgIpc) is 2.46. The molecule has 0 heterocycles. The van der Waals surface area contributed by atoms with E-state index in [1.54, 1.807) is 18.2 Å². The van der Waals surface area contributed by atoms with Crippen molar-refractivity contribution in [2.45, 2.75) is 13.3 Å². The normalized spacial score (nSPS) is 9.71. The van der Waals surface area contributed by atoms with Crippen molar-refractivity contribution < 1.29 is 9.53 Å². The van der Waals surface area contributed by atoms with Gasteiger partial charge in [-0.3, -0.25) is 4.79 Å². The second-order valence-electron chi connectivity index (χ2n) is 4.66. The summed E-state index contributed by atoms with van der Waals surface area (Å²) in [5.74, 6) is 0.380. The van der Waals surface area contributed by atoms with Gasteiger partial charge in [0.1, 0.15) is 11.8 Å². The molecule has 0 bridgehead atoms. The smallest absolute Gasteiger partial charge is 0.228 e. The molecular formula is C17H16N2O2. The molecular weight excluding hydrogens is 264 g/mol. The molecule has 0 aromatic heterocycles. The number of anilines is 1. The Kier molecular flexibility index (Phi) is 4.94. The lowest BCUT2D eigenvalue weighted by Gasteiger charge is -2.10. The zero-order valence-electron chi connectivity index (χ0n) is 11.8. The molecule has 0 radical (unpaired) electrons. The Balaban J connectivity index is 2.04. The second kappa shape index (κ2) is 7.11. The molecule has 0 saturated heterocycles. The summed E-state index contributed by atoms with van der Waals surface area (Å²) in [5, 5.41) is 11.4. The minimum atomic E-state index is -0.117. The van der Waals surface area contributed by atoms with Crippen molar-refractivity contribution in [3.63, 3.8) is 0 Å². The summed E-state index contributed by atoms with van der Waals surface area (Å²) in [6.45, 7) is 1.94. The molecule has 0 aliphatic heterocycles. The largest absolute Gasteiger partial charge is 0.477 e. The van der Waals surface area contributed by atoms with Crippen LogP contribution in [0, 0.1) is 18.3 Å². The lowest BCUT2D eigenvalue weighted by atomic mass is 10.1. The molecule has 1 N–H and O–H groups in total. The van der Waals surface area contributed by atoms with E-state index in [2.05, 4.69) is 5.32 Å². The number of carbonyl (C=O) groups is 1. The lowest BCUT2D eigenvalue weighted by Crippen LogP contribution is -2.15. The fourth-order valence-corrected chi connectivity index (χ4v) is 2.01. The number of nitrogens with one attached hydrogen (secondary N) is 1. The van der Waals surface area contributed by atoms with E-state index in [9.17, 15) is 4.79 Å². The van der Waals surface area contributed by atoms with E-state index in [4.69, 9.17) is 10.00 Å². The Bertz CT molecular complexity index is 674. The van der Waals surface area contributed by atoms with Crippen molar-refractivity contribution >= 4 is 11.6 Å². The van der Waals surface area contributed by atoms with Gasteiger partial charge in [-0.25, -0.2) is 0 Å². The van der Waals surface area contributed by atoms with Crippen LogP contribution in [-0.2, 0) is 11.2 Å². The maximum Gasteiger partial charge on any atom is 0.228 e. The first-order valence-corrected chi connectivity index (χ1v) is 6.63. The fourth-order valence-electron chi connectivity index (χ4n) is 2.01. The van der Waals surface area contributed by atoms with E-state index in [1.807, 2.05) is 43.3 Å². The molecule has 0 aliphatic carbocycles. The first kappa shape index (κ1) is 14.6. The standard InChI is InChI=1S/C17H16N2O2/c1-13-5-4-6-14(11-13)12-17(20)19-15-7-2-3-8-16(15)21-10-9-18/h2-8,11H,10,12H2,1H3,(H,19,20). The summed E-state index contributed by atoms with van der Waals surface area (Å²) in [6, 6.07) is 16.8. The molecule has 0 aliphatic rings. The predicted molar refractivity (Wildman–Crippen MR) is 81.1 cm³/mol. The number of rotatable bonds is 5. The first-order valence-electron chi connectivity index (χ1n) is 6.63. The first-order chi connectivity index (χ1) is 10.2. The van der Waals surface area contributed by atoms with Crippen LogP contribution in [0.2, 0.25) is 0 Å². The summed E-state index contributed by atoms with van der Waals surface area (Å²) >= 11 is 0. The van der Waals surface area contributed by atoms with E-state index < -0.39 is 0 Å². The van der Waals surface area contributed by atoms with Crippen molar-refractivity contribution in [1.29, 1.82) is 5.26 Å². The van der Waals surface area contributed by atoms with Crippen molar-refractivity contribution in [2.75, 3.05) is 11.9 Å². The highest BCUT2D eigenvalue weighted by atomic mass is 16.5. The van der Waals surface area contributed by atoms with Crippen LogP contribution in [0.15, 0.2) is 48.5 Å². The van der Waals surface area contributed by atoms with E-state index >= 15 is 0 Å². The molecule has 2 rings (SSSR count). The number of amides is 1. The van der Waals surface area contributed by atoms with Crippen molar-refractivity contribution in [1.82, 2.24) is 0 Å². The molecule has 0 atom stereocenters. The van der Waals surface area contributed by atoms with Gasteiger partial charge in [-0.2, -0.15) is 5.26 Å². The molecule has 106 valence electrons. The topological polar surface area (TPSA) is 62.1 Å². The van der Waals surface area contributed by atoms with Crippen molar-refractivity contribution in [3.05, 3.63) is 59.7 Å². The molecule has 0 spiro atoms. The highest BCUT2D eigenvalue weighted by Gasteiger charge is 2.08. The van der Waals surface area contributed by atoms with Crippen LogP contribution in [0.5, 0.6) is 5.75 Å². The molecule has 0 unspecified atom stereocenters.